The highest BCUT2D eigenvalue weighted by atomic mass is 79.9. The van der Waals surface area contributed by atoms with Crippen LogP contribution in [0, 0.1) is 11.8 Å². The van der Waals surface area contributed by atoms with Gasteiger partial charge in [0.1, 0.15) is 5.75 Å². The molecule has 2 saturated heterocycles. The number of carbonyl (C=O) groups is 2. The molecule has 0 spiro atoms. The minimum Gasteiger partial charge on any atom is -0.410 e. The first-order valence-electron chi connectivity index (χ1n) is 20.5. The molecule has 2 aliphatic rings. The first kappa shape index (κ1) is 56.4. The standard InChI is InChI=1S/C18H16BrF5N4O3S.C13H13BrF5NO2S.C11H9N3O2/c19-14-9-12(17(20,21)22)1-2-15(14)32(30,31)18(23,24)11-4-7-28(8-5-11)16(29)27-13-3-6-25-26-10-13;14-10-7-9(12(15,16)17)1-2-11(10)23(21,22)13(18,19)8-3-5-20-6-4-8;15-11(14-9-6-7-12-13-8-9)16-10-4-2-1-3-5-10/h1-3,6,9-11H,4-5,7-8H2,(H,25,27,29);1-2,7-8,20H,3-6H2;1-8H,(H,12,14,15). The molecular formula is C42H38Br2F10N8O7S2. The van der Waals surface area contributed by atoms with E-state index in [4.69, 9.17) is 4.74 Å². The number of ether oxygens (including phenoxy) is 1. The van der Waals surface area contributed by atoms with Crippen LogP contribution in [0.4, 0.5) is 64.9 Å². The predicted octanol–water partition coefficient (Wildman–Crippen LogP) is 10.5. The van der Waals surface area contributed by atoms with Crippen molar-refractivity contribution in [3.63, 3.8) is 0 Å². The summed E-state index contributed by atoms with van der Waals surface area (Å²) < 4.78 is 189. The molecule has 15 nitrogen and oxygen atoms in total. The maximum absolute atomic E-state index is 15.0. The molecule has 5 aromatic rings. The fourth-order valence-corrected chi connectivity index (χ4v) is 11.9. The van der Waals surface area contributed by atoms with Crippen molar-refractivity contribution in [3.05, 3.63) is 124 Å². The van der Waals surface area contributed by atoms with E-state index < -0.39 is 96.4 Å². The van der Waals surface area contributed by atoms with E-state index >= 15 is 0 Å². The third-order valence-corrected chi connectivity index (χ3v) is 16.3. The average Bonchev–Trinajstić information content (AvgIpc) is 3.32. The number of amides is 3. The highest BCUT2D eigenvalue weighted by Gasteiger charge is 2.55. The first-order valence-corrected chi connectivity index (χ1v) is 25.0. The zero-order valence-corrected chi connectivity index (χ0v) is 40.9. The molecule has 71 heavy (non-hydrogen) atoms. The van der Waals surface area contributed by atoms with Gasteiger partial charge in [0.15, 0.2) is 0 Å². The van der Waals surface area contributed by atoms with Crippen molar-refractivity contribution in [1.29, 1.82) is 0 Å². The lowest BCUT2D eigenvalue weighted by molar-refractivity contribution is -0.138. The van der Waals surface area contributed by atoms with E-state index in [1.807, 2.05) is 6.07 Å². The zero-order valence-electron chi connectivity index (χ0n) is 36.1. The topological polar surface area (TPSA) is 203 Å². The molecule has 7 rings (SSSR count). The van der Waals surface area contributed by atoms with Gasteiger partial charge in [0.05, 0.1) is 57.1 Å². The molecule has 3 aromatic carbocycles. The first-order chi connectivity index (χ1) is 33.2. The number of para-hydroxylation sites is 1. The Balaban J connectivity index is 0.000000210. The second-order valence-electron chi connectivity index (χ2n) is 15.2. The number of rotatable bonds is 9. The van der Waals surface area contributed by atoms with Gasteiger partial charge in [-0.15, -0.1) is 0 Å². The average molecular weight is 1180 g/mol. The molecular weight excluding hydrogens is 1140 g/mol. The highest BCUT2D eigenvalue weighted by molar-refractivity contribution is 9.10. The summed E-state index contributed by atoms with van der Waals surface area (Å²) in [7, 11) is -10.4. The molecule has 3 amide bonds. The molecule has 0 radical (unpaired) electrons. The van der Waals surface area contributed by atoms with Crippen LogP contribution in [-0.4, -0.2) is 90.9 Å². The number of halogens is 12. The van der Waals surface area contributed by atoms with Gasteiger partial charge in [-0.25, -0.2) is 26.4 Å². The van der Waals surface area contributed by atoms with Gasteiger partial charge in [0.25, 0.3) is 0 Å². The number of urea groups is 1. The van der Waals surface area contributed by atoms with Crippen LogP contribution >= 0.6 is 31.9 Å². The number of nitrogens with one attached hydrogen (secondary N) is 3. The van der Waals surface area contributed by atoms with E-state index in [9.17, 15) is 70.3 Å². The Hall–Kier alpha value is -5.52. The summed E-state index contributed by atoms with van der Waals surface area (Å²) in [6, 6.07) is 14.3. The normalized spacial score (nSPS) is 15.3. The minimum atomic E-state index is -5.30. The van der Waals surface area contributed by atoms with Crippen molar-refractivity contribution >= 4 is 75.0 Å². The molecule has 0 aliphatic carbocycles. The molecule has 2 aromatic heterocycles. The summed E-state index contributed by atoms with van der Waals surface area (Å²) in [5, 5.41) is 14.0. The van der Waals surface area contributed by atoms with E-state index in [0.29, 0.717) is 53.5 Å². The number of nitrogens with zero attached hydrogens (tertiary/aromatic N) is 5. The summed E-state index contributed by atoms with van der Waals surface area (Å²) in [6.07, 6.45) is -5.10. The molecule has 0 bridgehead atoms. The van der Waals surface area contributed by atoms with Crippen LogP contribution < -0.4 is 20.7 Å². The van der Waals surface area contributed by atoms with Crippen LogP contribution in [0.1, 0.15) is 36.8 Å². The number of aromatic nitrogens is 4. The lowest BCUT2D eigenvalue weighted by Crippen LogP contribution is -2.47. The van der Waals surface area contributed by atoms with Gasteiger partial charge in [-0.2, -0.15) is 64.3 Å². The Morgan fingerprint density at radius 2 is 1.04 bits per heavy atom. The molecule has 2 aliphatic heterocycles. The number of hydrogen-bond donors (Lipinski definition) is 3. The highest BCUT2D eigenvalue weighted by Crippen LogP contribution is 2.45. The molecule has 4 heterocycles. The quantitative estimate of drug-likeness (QED) is 0.118. The van der Waals surface area contributed by atoms with Crippen LogP contribution in [-0.2, 0) is 32.0 Å². The molecule has 384 valence electrons. The zero-order chi connectivity index (χ0) is 52.4. The van der Waals surface area contributed by atoms with E-state index in [1.54, 1.807) is 30.3 Å². The smallest absolute Gasteiger partial charge is 0.410 e. The molecule has 0 saturated carbocycles. The summed E-state index contributed by atoms with van der Waals surface area (Å²) in [6.45, 7) is 0.274. The van der Waals surface area contributed by atoms with Crippen molar-refractivity contribution in [1.82, 2.24) is 30.6 Å². The SMILES string of the molecule is O=C(Nc1ccnnc1)N1CCC(C(F)(F)S(=O)(=O)c2ccc(C(F)(F)F)cc2Br)CC1.O=C(Nc1ccnnc1)Oc1ccccc1.O=S(=O)(c1ccc(C(F)(F)F)cc1Br)C(F)(F)C1CCNCC1. The Morgan fingerprint density at radius 3 is 1.45 bits per heavy atom. The fraction of sp³-hybridized carbons (Fsp3) is 0.333. The maximum atomic E-state index is 15.0. The van der Waals surface area contributed by atoms with Crippen molar-refractivity contribution in [3.8, 4) is 5.75 Å². The fourth-order valence-electron chi connectivity index (χ4n) is 6.77. The Bertz CT molecular complexity index is 2790. The van der Waals surface area contributed by atoms with E-state index in [-0.39, 0.29) is 51.9 Å². The summed E-state index contributed by atoms with van der Waals surface area (Å²) in [5.74, 6) is -2.50. The van der Waals surface area contributed by atoms with Gasteiger partial charge in [-0.05, 0) is 131 Å². The monoisotopic (exact) mass is 1180 g/mol. The maximum Gasteiger partial charge on any atom is 0.417 e. The number of sulfone groups is 2. The molecule has 0 atom stereocenters. The third-order valence-electron chi connectivity index (χ3n) is 10.5. The second kappa shape index (κ2) is 23.4. The van der Waals surface area contributed by atoms with E-state index in [1.165, 1.54) is 35.8 Å². The van der Waals surface area contributed by atoms with Gasteiger partial charge in [-0.3, -0.25) is 5.32 Å². The molecule has 0 unspecified atom stereocenters. The Morgan fingerprint density at radius 1 is 0.606 bits per heavy atom. The number of anilines is 2. The predicted molar refractivity (Wildman–Crippen MR) is 242 cm³/mol. The van der Waals surface area contributed by atoms with Crippen molar-refractivity contribution in [2.75, 3.05) is 36.8 Å². The Kier molecular flexibility index (Phi) is 18.5. The number of benzene rings is 3. The number of alkyl halides is 10. The lowest BCUT2D eigenvalue weighted by Gasteiger charge is -2.35. The Labute approximate surface area is 415 Å². The van der Waals surface area contributed by atoms with Gasteiger partial charge in [0, 0.05) is 33.9 Å². The van der Waals surface area contributed by atoms with E-state index in [2.05, 4.69) is 68.2 Å². The summed E-state index contributed by atoms with van der Waals surface area (Å²) in [4.78, 5) is 23.2. The van der Waals surface area contributed by atoms with Crippen LogP contribution in [0.3, 0.4) is 0 Å². The number of likely N-dealkylation sites (tertiary alicyclic amines) is 1. The second-order valence-corrected chi connectivity index (χ2v) is 20.9. The van der Waals surface area contributed by atoms with Crippen LogP contribution in [0.5, 0.6) is 5.75 Å². The van der Waals surface area contributed by atoms with Gasteiger partial charge in [0.2, 0.25) is 19.7 Å². The number of hydrogen-bond acceptors (Lipinski definition) is 12. The summed E-state index contributed by atoms with van der Waals surface area (Å²) in [5.41, 5.74) is -1.40. The van der Waals surface area contributed by atoms with Gasteiger partial charge in [-0.1, -0.05) is 18.2 Å². The lowest BCUT2D eigenvalue weighted by atomic mass is 9.97. The third kappa shape index (κ3) is 14.3. The van der Waals surface area contributed by atoms with Crippen molar-refractivity contribution < 1.29 is 75.1 Å². The largest absolute Gasteiger partial charge is 0.417 e. The molecule has 2 fully saturated rings. The minimum absolute atomic E-state index is 0.0233. The van der Waals surface area contributed by atoms with Crippen LogP contribution in [0.25, 0.3) is 0 Å². The van der Waals surface area contributed by atoms with E-state index in [0.717, 1.165) is 0 Å². The van der Waals surface area contributed by atoms with Crippen molar-refractivity contribution in [2.45, 2.75) is 58.3 Å². The number of carbonyl (C=O) groups excluding carboxylic acids is 2. The number of piperidine rings is 2. The van der Waals surface area contributed by atoms with Crippen molar-refractivity contribution in [2.24, 2.45) is 11.8 Å². The molecule has 3 N–H and O–H groups in total. The van der Waals surface area contributed by atoms with Gasteiger partial charge >= 0.3 is 35.0 Å². The summed E-state index contributed by atoms with van der Waals surface area (Å²) >= 11 is 5.34. The molecule has 29 heteroatoms. The van der Waals surface area contributed by atoms with Crippen LogP contribution in [0.2, 0.25) is 0 Å². The van der Waals surface area contributed by atoms with Gasteiger partial charge < -0.3 is 20.3 Å². The van der Waals surface area contributed by atoms with Crippen LogP contribution in [0.15, 0.2) is 122 Å².